The summed E-state index contributed by atoms with van der Waals surface area (Å²) in [6, 6.07) is 0. The largest absolute Gasteiger partial charge is 0.478 e. The summed E-state index contributed by atoms with van der Waals surface area (Å²) in [4.78, 5) is 9.51. The lowest BCUT2D eigenvalue weighted by Crippen LogP contribution is -1.85. The number of hydrogen-bond donors (Lipinski definition) is 3. The van der Waals surface area contributed by atoms with Gasteiger partial charge in [0.05, 0.1) is 0 Å². The van der Waals surface area contributed by atoms with Crippen molar-refractivity contribution in [1.82, 2.24) is 0 Å². The van der Waals surface area contributed by atoms with Crippen molar-refractivity contribution in [3.63, 3.8) is 0 Å². The smallest absolute Gasteiger partial charge is 0.327 e. The summed E-state index contributed by atoms with van der Waals surface area (Å²) in [5, 5.41) is 24.8. The van der Waals surface area contributed by atoms with E-state index in [0.717, 1.165) is 31.8 Å². The third-order valence-electron chi connectivity index (χ3n) is 2.13. The number of unbranched alkanes of at least 4 members (excludes halogenated alkanes) is 6. The van der Waals surface area contributed by atoms with Crippen LogP contribution in [0.15, 0.2) is 12.2 Å². The topological polar surface area (TPSA) is 77.8 Å². The van der Waals surface area contributed by atoms with Crippen LogP contribution in [0.3, 0.4) is 0 Å². The normalized spacial score (nSPS) is 10.1. The predicted octanol–water partition coefficient (Wildman–Crippen LogP) is 2.35. The zero-order chi connectivity index (χ0) is 13.4. The molecule has 4 nitrogen and oxygen atoms in total. The Morgan fingerprint density at radius 2 is 1.24 bits per heavy atom. The van der Waals surface area contributed by atoms with Gasteiger partial charge >= 0.3 is 5.97 Å². The van der Waals surface area contributed by atoms with Crippen LogP contribution in [0.1, 0.15) is 51.9 Å². The van der Waals surface area contributed by atoms with Gasteiger partial charge in [-0.3, -0.25) is 0 Å². The van der Waals surface area contributed by atoms with Gasteiger partial charge in [-0.2, -0.15) is 0 Å². The van der Waals surface area contributed by atoms with Gasteiger partial charge in [-0.15, -0.1) is 0 Å². The summed E-state index contributed by atoms with van der Waals surface area (Å²) in [5.41, 5.74) is 0. The molecule has 0 radical (unpaired) electrons. The maximum atomic E-state index is 9.51. The molecule has 0 amide bonds. The van der Waals surface area contributed by atoms with Crippen LogP contribution in [0.25, 0.3) is 0 Å². The van der Waals surface area contributed by atoms with E-state index >= 15 is 0 Å². The Labute approximate surface area is 104 Å². The molecule has 0 aliphatic rings. The fraction of sp³-hybridized carbons (Fsp3) is 0.769. The van der Waals surface area contributed by atoms with Crippen molar-refractivity contribution < 1.29 is 20.1 Å². The molecular weight excluding hydrogens is 220 g/mol. The molecule has 3 N–H and O–H groups in total. The molecule has 0 rings (SSSR count). The van der Waals surface area contributed by atoms with Crippen molar-refractivity contribution in [3.8, 4) is 0 Å². The molecule has 0 aromatic rings. The summed E-state index contributed by atoms with van der Waals surface area (Å²) < 4.78 is 0. The van der Waals surface area contributed by atoms with E-state index in [-0.39, 0.29) is 0 Å². The van der Waals surface area contributed by atoms with Gasteiger partial charge in [-0.1, -0.05) is 38.2 Å². The molecule has 0 saturated heterocycles. The van der Waals surface area contributed by atoms with Crippen LogP contribution in [0, 0.1) is 0 Å². The molecule has 4 heteroatoms. The molecule has 0 aliphatic carbocycles. The van der Waals surface area contributed by atoms with Crippen LogP contribution in [-0.4, -0.2) is 34.5 Å². The van der Waals surface area contributed by atoms with E-state index in [0.29, 0.717) is 13.2 Å². The molecule has 17 heavy (non-hydrogen) atoms. The van der Waals surface area contributed by atoms with Gasteiger partial charge in [0.1, 0.15) is 0 Å². The lowest BCUT2D eigenvalue weighted by molar-refractivity contribution is -0.131. The highest BCUT2D eigenvalue weighted by Crippen LogP contribution is 2.06. The number of aliphatic hydroxyl groups excluding tert-OH is 2. The van der Waals surface area contributed by atoms with Gasteiger partial charge in [0, 0.05) is 19.3 Å². The maximum Gasteiger partial charge on any atom is 0.327 e. The lowest BCUT2D eigenvalue weighted by atomic mass is 10.1. The van der Waals surface area contributed by atoms with E-state index in [1.54, 1.807) is 6.92 Å². The lowest BCUT2D eigenvalue weighted by Gasteiger charge is -1.98. The van der Waals surface area contributed by atoms with Gasteiger partial charge in [0.15, 0.2) is 0 Å². The first-order valence-corrected chi connectivity index (χ1v) is 6.26. The number of carboxylic acid groups (broad SMARTS) is 1. The molecule has 0 fully saturated rings. The number of aliphatic carboxylic acids is 1. The second-order valence-electron chi connectivity index (χ2n) is 3.76. The molecule has 0 heterocycles. The van der Waals surface area contributed by atoms with E-state index in [1.807, 2.05) is 0 Å². The number of aliphatic hydroxyl groups is 2. The van der Waals surface area contributed by atoms with Gasteiger partial charge in [0.25, 0.3) is 0 Å². The fourth-order valence-electron chi connectivity index (χ4n) is 1.25. The third kappa shape index (κ3) is 25.4. The molecule has 0 saturated carbocycles. The molecule has 0 aromatic heterocycles. The van der Waals surface area contributed by atoms with E-state index in [2.05, 4.69) is 0 Å². The minimum absolute atomic E-state index is 0.330. The summed E-state index contributed by atoms with van der Waals surface area (Å²) in [6.07, 6.45) is 10.4. The summed E-state index contributed by atoms with van der Waals surface area (Å²) in [6.45, 7) is 2.32. The summed E-state index contributed by atoms with van der Waals surface area (Å²) >= 11 is 0. The van der Waals surface area contributed by atoms with Crippen molar-refractivity contribution in [2.24, 2.45) is 0 Å². The first-order chi connectivity index (χ1) is 8.18. The van der Waals surface area contributed by atoms with Crippen LogP contribution in [0.4, 0.5) is 0 Å². The van der Waals surface area contributed by atoms with Crippen LogP contribution in [0.5, 0.6) is 0 Å². The van der Waals surface area contributed by atoms with Crippen LogP contribution >= 0.6 is 0 Å². The maximum absolute atomic E-state index is 9.51. The Kier molecular flexibility index (Phi) is 19.1. The first-order valence-electron chi connectivity index (χ1n) is 6.26. The molecule has 0 aromatic carbocycles. The second-order valence-corrected chi connectivity index (χ2v) is 3.76. The van der Waals surface area contributed by atoms with Crippen molar-refractivity contribution in [3.05, 3.63) is 12.2 Å². The van der Waals surface area contributed by atoms with E-state index in [1.165, 1.54) is 25.3 Å². The van der Waals surface area contributed by atoms with Crippen molar-refractivity contribution in [1.29, 1.82) is 0 Å². The number of hydrogen-bond acceptors (Lipinski definition) is 3. The average molecular weight is 246 g/mol. The van der Waals surface area contributed by atoms with Gasteiger partial charge in [0.2, 0.25) is 0 Å². The molecule has 102 valence electrons. The summed E-state index contributed by atoms with van der Waals surface area (Å²) in [5.74, 6) is -0.891. The van der Waals surface area contributed by atoms with Crippen molar-refractivity contribution in [2.45, 2.75) is 51.9 Å². The molecule has 0 aliphatic heterocycles. The van der Waals surface area contributed by atoms with E-state index in [4.69, 9.17) is 15.3 Å². The molecule has 0 bridgehead atoms. The fourth-order valence-corrected chi connectivity index (χ4v) is 1.25. The third-order valence-corrected chi connectivity index (χ3v) is 2.13. The Morgan fingerprint density at radius 1 is 0.882 bits per heavy atom. The van der Waals surface area contributed by atoms with E-state index < -0.39 is 5.97 Å². The highest BCUT2D eigenvalue weighted by atomic mass is 16.4. The zero-order valence-electron chi connectivity index (χ0n) is 10.8. The Morgan fingerprint density at radius 3 is 1.41 bits per heavy atom. The highest BCUT2D eigenvalue weighted by molar-refractivity contribution is 5.79. The van der Waals surface area contributed by atoms with Crippen LogP contribution < -0.4 is 0 Å². The SMILES string of the molecule is CC=CC(=O)O.OCCCCCCCCCO. The highest BCUT2D eigenvalue weighted by Gasteiger charge is 1.89. The zero-order valence-corrected chi connectivity index (χ0v) is 10.8. The molecule has 0 spiro atoms. The van der Waals surface area contributed by atoms with Crippen molar-refractivity contribution >= 4 is 5.97 Å². The second kappa shape index (κ2) is 17.5. The van der Waals surface area contributed by atoms with Gasteiger partial charge in [-0.05, 0) is 19.8 Å². The Bertz CT molecular complexity index is 170. The van der Waals surface area contributed by atoms with E-state index in [9.17, 15) is 4.79 Å². The Balaban J connectivity index is 0. The molecule has 0 unspecified atom stereocenters. The first kappa shape index (κ1) is 18.5. The van der Waals surface area contributed by atoms with Gasteiger partial charge < -0.3 is 15.3 Å². The molecular formula is C13H26O4. The predicted molar refractivity (Wildman–Crippen MR) is 68.9 cm³/mol. The van der Waals surface area contributed by atoms with Crippen molar-refractivity contribution in [2.75, 3.05) is 13.2 Å². The molecule has 0 atom stereocenters. The Hall–Kier alpha value is -0.870. The monoisotopic (exact) mass is 246 g/mol. The minimum atomic E-state index is -0.891. The quantitative estimate of drug-likeness (QED) is 0.431. The number of carboxylic acids is 1. The van der Waals surface area contributed by atoms with Crippen LogP contribution in [-0.2, 0) is 4.79 Å². The number of carbonyl (C=O) groups is 1. The van der Waals surface area contributed by atoms with Crippen LogP contribution in [0.2, 0.25) is 0 Å². The number of rotatable bonds is 9. The number of allylic oxidation sites excluding steroid dienone is 1. The summed E-state index contributed by atoms with van der Waals surface area (Å²) in [7, 11) is 0. The van der Waals surface area contributed by atoms with Gasteiger partial charge in [-0.25, -0.2) is 4.79 Å². The average Bonchev–Trinajstić information content (AvgIpc) is 2.29. The standard InChI is InChI=1S/C9H20O2.C4H6O2/c10-8-6-4-2-1-3-5-7-9-11;1-2-3-4(5)6/h10-11H,1-9H2;2-3H,1H3,(H,5,6). The minimum Gasteiger partial charge on any atom is -0.478 e.